The summed E-state index contributed by atoms with van der Waals surface area (Å²) in [6, 6.07) is 10.5. The second kappa shape index (κ2) is 13.3. The van der Waals surface area contributed by atoms with Crippen LogP contribution in [-0.2, 0) is 21.7 Å². The highest BCUT2D eigenvalue weighted by molar-refractivity contribution is 7.98. The van der Waals surface area contributed by atoms with Gasteiger partial charge in [-0.05, 0) is 56.7 Å². The normalized spacial score (nSPS) is 17.0. The van der Waals surface area contributed by atoms with Crippen molar-refractivity contribution in [2.45, 2.75) is 82.2 Å². The number of likely N-dealkylation sites (tertiary alicyclic amines) is 1. The van der Waals surface area contributed by atoms with Crippen LogP contribution in [0, 0.1) is 5.92 Å². The molecule has 8 heteroatoms. The maximum Gasteiger partial charge on any atom is 0.309 e. The molecule has 2 aliphatic rings. The molecule has 0 unspecified atom stereocenters. The molecule has 1 amide bonds. The molecule has 4 rings (SSSR count). The molecule has 2 fully saturated rings. The summed E-state index contributed by atoms with van der Waals surface area (Å²) < 4.78 is 5.13. The average molecular weight is 525 g/mol. The molecule has 1 aliphatic heterocycles. The Bertz CT molecular complexity index is 1050. The Morgan fingerprint density at radius 1 is 1.03 bits per heavy atom. The fraction of sp³-hybridized carbons (Fsp3) is 0.586. The number of amides is 1. The summed E-state index contributed by atoms with van der Waals surface area (Å²) in [7, 11) is 2.17. The van der Waals surface area contributed by atoms with Gasteiger partial charge in [-0.3, -0.25) is 9.59 Å². The monoisotopic (exact) mass is 524 g/mol. The molecule has 1 saturated heterocycles. The van der Waals surface area contributed by atoms with Crippen LogP contribution in [0.2, 0.25) is 0 Å². The number of thioether (sulfide) groups is 1. The first-order valence-electron chi connectivity index (χ1n) is 13.8. The summed E-state index contributed by atoms with van der Waals surface area (Å²) in [6.45, 7) is 5.53. The average Bonchev–Trinajstić information content (AvgIpc) is 2.96. The predicted octanol–water partition coefficient (Wildman–Crippen LogP) is 5.52. The molecule has 7 nitrogen and oxygen atoms in total. The van der Waals surface area contributed by atoms with E-state index in [2.05, 4.69) is 24.9 Å². The largest absolute Gasteiger partial charge is 0.466 e. The third-order valence-electron chi connectivity index (χ3n) is 7.56. The molecule has 1 aromatic heterocycles. The number of benzene rings is 1. The molecule has 2 heterocycles. The van der Waals surface area contributed by atoms with Crippen LogP contribution in [0.4, 0.5) is 5.82 Å². The van der Waals surface area contributed by atoms with Crippen LogP contribution in [0.3, 0.4) is 0 Å². The zero-order chi connectivity index (χ0) is 26.2. The van der Waals surface area contributed by atoms with Crippen molar-refractivity contribution >= 4 is 29.5 Å². The van der Waals surface area contributed by atoms with Crippen molar-refractivity contribution in [1.82, 2.24) is 14.9 Å². The van der Waals surface area contributed by atoms with Crippen molar-refractivity contribution in [2.24, 2.45) is 5.92 Å². The minimum atomic E-state index is -0.141. The lowest BCUT2D eigenvalue weighted by atomic mass is 9.94. The Hall–Kier alpha value is -2.61. The standard InChI is InChI=1S/C29H40N4O3S/c1-4-24-19-26(32(3)25-9-7-6-8-10-25)31-29(30-24)37-20-21-11-13-22(14-12-21)27(34)33-17-15-23(16-18-33)28(35)36-5-2/h11-14,19,23,25H,4-10,15-18,20H2,1-3H3. The zero-order valence-corrected chi connectivity index (χ0v) is 23.3. The zero-order valence-electron chi connectivity index (χ0n) is 22.4. The van der Waals surface area contributed by atoms with Gasteiger partial charge < -0.3 is 14.5 Å². The van der Waals surface area contributed by atoms with Crippen molar-refractivity contribution in [3.8, 4) is 0 Å². The van der Waals surface area contributed by atoms with Crippen LogP contribution < -0.4 is 4.90 Å². The molecular weight excluding hydrogens is 484 g/mol. The van der Waals surface area contributed by atoms with E-state index in [-0.39, 0.29) is 17.8 Å². The van der Waals surface area contributed by atoms with E-state index in [1.807, 2.05) is 36.1 Å². The summed E-state index contributed by atoms with van der Waals surface area (Å²) in [5.74, 6) is 1.56. The number of rotatable bonds is 9. The van der Waals surface area contributed by atoms with Crippen molar-refractivity contribution in [2.75, 3.05) is 31.6 Å². The van der Waals surface area contributed by atoms with E-state index in [0.29, 0.717) is 44.1 Å². The maximum atomic E-state index is 13.0. The summed E-state index contributed by atoms with van der Waals surface area (Å²) in [6.07, 6.45) is 8.61. The minimum absolute atomic E-state index is 0.0240. The Labute approximate surface area is 225 Å². The first-order valence-corrected chi connectivity index (χ1v) is 14.8. The molecule has 0 bridgehead atoms. The molecular formula is C29H40N4O3S. The lowest BCUT2D eigenvalue weighted by molar-refractivity contribution is -0.149. The molecule has 1 saturated carbocycles. The second-order valence-electron chi connectivity index (χ2n) is 10.1. The Kier molecular flexibility index (Phi) is 9.83. The van der Waals surface area contributed by atoms with E-state index in [4.69, 9.17) is 14.7 Å². The molecule has 2 aromatic rings. The van der Waals surface area contributed by atoms with Crippen molar-refractivity contribution < 1.29 is 14.3 Å². The van der Waals surface area contributed by atoms with Crippen LogP contribution in [0.25, 0.3) is 0 Å². The van der Waals surface area contributed by atoms with Crippen molar-refractivity contribution in [3.05, 3.63) is 47.2 Å². The van der Waals surface area contributed by atoms with Crippen LogP contribution in [0.15, 0.2) is 35.5 Å². The molecule has 0 radical (unpaired) electrons. The van der Waals surface area contributed by atoms with Gasteiger partial charge in [0.1, 0.15) is 5.82 Å². The number of aromatic nitrogens is 2. The molecule has 1 aliphatic carbocycles. The predicted molar refractivity (Wildman–Crippen MR) is 148 cm³/mol. The Balaban J connectivity index is 1.33. The van der Waals surface area contributed by atoms with Gasteiger partial charge in [-0.15, -0.1) is 0 Å². The molecule has 1 aromatic carbocycles. The van der Waals surface area contributed by atoms with Crippen molar-refractivity contribution in [1.29, 1.82) is 0 Å². The lowest BCUT2D eigenvalue weighted by Gasteiger charge is -2.32. The molecule has 0 spiro atoms. The number of aryl methyl sites for hydroxylation is 1. The highest BCUT2D eigenvalue weighted by atomic mass is 32.2. The molecule has 37 heavy (non-hydrogen) atoms. The number of hydrogen-bond acceptors (Lipinski definition) is 7. The quantitative estimate of drug-likeness (QED) is 0.243. The summed E-state index contributed by atoms with van der Waals surface area (Å²) in [4.78, 5) is 38.8. The van der Waals surface area contributed by atoms with Crippen LogP contribution in [-0.4, -0.2) is 59.5 Å². The van der Waals surface area contributed by atoms with Crippen LogP contribution in [0.5, 0.6) is 0 Å². The Morgan fingerprint density at radius 3 is 2.38 bits per heavy atom. The molecule has 0 atom stereocenters. The van der Waals surface area contributed by atoms with E-state index in [9.17, 15) is 9.59 Å². The van der Waals surface area contributed by atoms with E-state index < -0.39 is 0 Å². The summed E-state index contributed by atoms with van der Waals surface area (Å²) >= 11 is 1.64. The lowest BCUT2D eigenvalue weighted by Crippen LogP contribution is -2.40. The van der Waals surface area contributed by atoms with Crippen molar-refractivity contribution in [3.63, 3.8) is 0 Å². The third kappa shape index (κ3) is 7.24. The third-order valence-corrected chi connectivity index (χ3v) is 8.48. The number of piperidine rings is 1. The number of esters is 1. The van der Waals surface area contributed by atoms with Gasteiger partial charge >= 0.3 is 5.97 Å². The fourth-order valence-electron chi connectivity index (χ4n) is 5.19. The SMILES string of the molecule is CCOC(=O)C1CCN(C(=O)c2ccc(CSc3nc(CC)cc(N(C)C4CCCCC4)n3)cc2)CC1. The van der Waals surface area contributed by atoms with E-state index in [1.54, 1.807) is 11.8 Å². The van der Waals surface area contributed by atoms with E-state index in [0.717, 1.165) is 34.4 Å². The number of nitrogens with zero attached hydrogens (tertiary/aromatic N) is 4. The van der Waals surface area contributed by atoms with Gasteiger partial charge in [-0.1, -0.05) is 50.1 Å². The number of carbonyl (C=O) groups is 2. The van der Waals surface area contributed by atoms with Gasteiger partial charge in [0.15, 0.2) is 5.16 Å². The highest BCUT2D eigenvalue weighted by Gasteiger charge is 2.28. The number of ether oxygens (including phenoxy) is 1. The number of hydrogen-bond donors (Lipinski definition) is 0. The maximum absolute atomic E-state index is 13.0. The Morgan fingerprint density at radius 2 is 1.73 bits per heavy atom. The summed E-state index contributed by atoms with van der Waals surface area (Å²) in [5, 5.41) is 0.807. The number of anilines is 1. The highest BCUT2D eigenvalue weighted by Crippen LogP contribution is 2.28. The summed E-state index contributed by atoms with van der Waals surface area (Å²) in [5.41, 5.74) is 2.89. The smallest absolute Gasteiger partial charge is 0.309 e. The first-order chi connectivity index (χ1) is 18.0. The molecule has 0 N–H and O–H groups in total. The van der Waals surface area contributed by atoms with Gasteiger partial charge in [0, 0.05) is 49.3 Å². The van der Waals surface area contributed by atoms with E-state index in [1.165, 1.54) is 32.1 Å². The van der Waals surface area contributed by atoms with Gasteiger partial charge in [-0.25, -0.2) is 9.97 Å². The van der Waals surface area contributed by atoms with E-state index >= 15 is 0 Å². The minimum Gasteiger partial charge on any atom is -0.466 e. The molecule has 200 valence electrons. The topological polar surface area (TPSA) is 75.6 Å². The second-order valence-corrected chi connectivity index (χ2v) is 11.0. The van der Waals surface area contributed by atoms with Gasteiger partial charge in [0.05, 0.1) is 12.5 Å². The van der Waals surface area contributed by atoms with Gasteiger partial charge in [0.25, 0.3) is 5.91 Å². The first kappa shape index (κ1) is 27.4. The van der Waals surface area contributed by atoms with Gasteiger partial charge in [0.2, 0.25) is 0 Å². The fourth-order valence-corrected chi connectivity index (χ4v) is 6.02. The van der Waals surface area contributed by atoms with Crippen LogP contribution in [0.1, 0.15) is 80.4 Å². The van der Waals surface area contributed by atoms with Gasteiger partial charge in [-0.2, -0.15) is 0 Å². The number of carbonyl (C=O) groups excluding carboxylic acids is 2. The van der Waals surface area contributed by atoms with Crippen LogP contribution >= 0.6 is 11.8 Å².